The number of aromatic nitrogens is 3. The molecule has 0 aliphatic rings. The Balaban J connectivity index is 2.36. The highest BCUT2D eigenvalue weighted by Crippen LogP contribution is 2.21. The van der Waals surface area contributed by atoms with Gasteiger partial charge in [-0.3, -0.25) is 0 Å². The first-order chi connectivity index (χ1) is 10.1. The third kappa shape index (κ3) is 3.81. The predicted molar refractivity (Wildman–Crippen MR) is 84.9 cm³/mol. The molecule has 0 radical (unpaired) electrons. The van der Waals surface area contributed by atoms with Gasteiger partial charge in [-0.2, -0.15) is 15.0 Å². The fourth-order valence-electron chi connectivity index (χ4n) is 1.83. The quantitative estimate of drug-likeness (QED) is 0.880. The van der Waals surface area contributed by atoms with Crippen LogP contribution in [0.3, 0.4) is 0 Å². The minimum absolute atomic E-state index is 0.343. The van der Waals surface area contributed by atoms with Crippen LogP contribution in [0.5, 0.6) is 6.01 Å². The van der Waals surface area contributed by atoms with Gasteiger partial charge in [0, 0.05) is 31.9 Å². The van der Waals surface area contributed by atoms with Crippen LogP contribution < -0.4 is 15.0 Å². The standard InChI is InChI=1S/C15H21N5O/c1-5-16-14-17-13(18-15(19-14)21-6-2)11-7-9-12(10-8-11)20(3)4/h7-10H,5-6H2,1-4H3,(H,16,17,18,19). The number of ether oxygens (including phenoxy) is 1. The number of hydrogen-bond acceptors (Lipinski definition) is 6. The molecule has 0 aliphatic heterocycles. The molecule has 1 N–H and O–H groups in total. The number of nitrogens with one attached hydrogen (secondary N) is 1. The Morgan fingerprint density at radius 3 is 2.33 bits per heavy atom. The van der Waals surface area contributed by atoms with Gasteiger partial charge < -0.3 is 15.0 Å². The van der Waals surface area contributed by atoms with Crippen molar-refractivity contribution in [1.82, 2.24) is 15.0 Å². The lowest BCUT2D eigenvalue weighted by Crippen LogP contribution is -2.09. The van der Waals surface area contributed by atoms with Crippen LogP contribution in [0.4, 0.5) is 11.6 Å². The maximum atomic E-state index is 5.41. The van der Waals surface area contributed by atoms with E-state index in [1.165, 1.54) is 0 Å². The summed E-state index contributed by atoms with van der Waals surface area (Å²) in [6.45, 7) is 5.17. The molecule has 1 aromatic carbocycles. The average molecular weight is 287 g/mol. The molecule has 21 heavy (non-hydrogen) atoms. The van der Waals surface area contributed by atoms with Gasteiger partial charge >= 0.3 is 6.01 Å². The molecule has 0 saturated carbocycles. The second-order valence-electron chi connectivity index (χ2n) is 4.67. The summed E-state index contributed by atoms with van der Waals surface area (Å²) in [7, 11) is 4.02. The normalized spacial score (nSPS) is 10.3. The van der Waals surface area contributed by atoms with E-state index in [4.69, 9.17) is 4.74 Å². The van der Waals surface area contributed by atoms with Crippen LogP contribution in [0.2, 0.25) is 0 Å². The van der Waals surface area contributed by atoms with Crippen molar-refractivity contribution < 1.29 is 4.74 Å². The molecule has 0 bridgehead atoms. The van der Waals surface area contributed by atoms with Gasteiger partial charge in [-0.1, -0.05) is 0 Å². The SMILES string of the molecule is CCNc1nc(OCC)nc(-c2ccc(N(C)C)cc2)n1. The van der Waals surface area contributed by atoms with Crippen molar-refractivity contribution in [3.8, 4) is 17.4 Å². The molecular weight excluding hydrogens is 266 g/mol. The molecule has 0 aliphatic carbocycles. The number of benzene rings is 1. The first-order valence-corrected chi connectivity index (χ1v) is 7.04. The minimum Gasteiger partial charge on any atom is -0.464 e. The summed E-state index contributed by atoms with van der Waals surface area (Å²) in [4.78, 5) is 15.0. The van der Waals surface area contributed by atoms with Crippen molar-refractivity contribution in [2.75, 3.05) is 37.5 Å². The molecule has 1 heterocycles. The van der Waals surface area contributed by atoms with Gasteiger partial charge in [-0.25, -0.2) is 0 Å². The zero-order valence-electron chi connectivity index (χ0n) is 12.9. The van der Waals surface area contributed by atoms with E-state index in [0.29, 0.717) is 24.4 Å². The van der Waals surface area contributed by atoms with Crippen LogP contribution in [0.1, 0.15) is 13.8 Å². The van der Waals surface area contributed by atoms with Gasteiger partial charge in [0.2, 0.25) is 5.95 Å². The molecular formula is C15H21N5O. The lowest BCUT2D eigenvalue weighted by Gasteiger charge is -2.13. The van der Waals surface area contributed by atoms with Crippen LogP contribution >= 0.6 is 0 Å². The van der Waals surface area contributed by atoms with Crippen molar-refractivity contribution in [3.63, 3.8) is 0 Å². The molecule has 6 nitrogen and oxygen atoms in total. The Morgan fingerprint density at radius 1 is 1.05 bits per heavy atom. The molecule has 2 rings (SSSR count). The molecule has 2 aromatic rings. The van der Waals surface area contributed by atoms with Crippen LogP contribution in [-0.4, -0.2) is 42.2 Å². The minimum atomic E-state index is 0.343. The van der Waals surface area contributed by atoms with E-state index in [0.717, 1.165) is 17.8 Å². The van der Waals surface area contributed by atoms with Crippen LogP contribution in [0.15, 0.2) is 24.3 Å². The highest BCUT2D eigenvalue weighted by Gasteiger charge is 2.09. The summed E-state index contributed by atoms with van der Waals surface area (Å²) in [5.74, 6) is 1.14. The van der Waals surface area contributed by atoms with E-state index >= 15 is 0 Å². The molecule has 0 amide bonds. The van der Waals surface area contributed by atoms with Gasteiger partial charge in [0.1, 0.15) is 0 Å². The molecule has 1 aromatic heterocycles. The van der Waals surface area contributed by atoms with E-state index in [1.807, 2.05) is 57.1 Å². The van der Waals surface area contributed by atoms with E-state index in [-0.39, 0.29) is 0 Å². The summed E-state index contributed by atoms with van der Waals surface area (Å²) < 4.78 is 5.41. The highest BCUT2D eigenvalue weighted by atomic mass is 16.5. The van der Waals surface area contributed by atoms with Crippen molar-refractivity contribution in [3.05, 3.63) is 24.3 Å². The fourth-order valence-corrected chi connectivity index (χ4v) is 1.83. The molecule has 0 atom stereocenters. The van der Waals surface area contributed by atoms with Crippen molar-refractivity contribution in [2.24, 2.45) is 0 Å². The summed E-state index contributed by atoms with van der Waals surface area (Å²) in [5, 5.41) is 3.10. The van der Waals surface area contributed by atoms with Gasteiger partial charge in [0.05, 0.1) is 6.61 Å². The molecule has 6 heteroatoms. The lowest BCUT2D eigenvalue weighted by atomic mass is 10.2. The van der Waals surface area contributed by atoms with E-state index < -0.39 is 0 Å². The Hall–Kier alpha value is -2.37. The van der Waals surface area contributed by atoms with Gasteiger partial charge in [0.15, 0.2) is 5.82 Å². The first kappa shape index (κ1) is 15.0. The van der Waals surface area contributed by atoms with Crippen molar-refractivity contribution in [1.29, 1.82) is 0 Å². The third-order valence-corrected chi connectivity index (χ3v) is 2.87. The summed E-state index contributed by atoms with van der Waals surface area (Å²) in [5.41, 5.74) is 2.06. The average Bonchev–Trinajstić information content (AvgIpc) is 2.48. The predicted octanol–water partition coefficient (Wildman–Crippen LogP) is 2.44. The monoisotopic (exact) mass is 287 g/mol. The maximum absolute atomic E-state index is 5.41. The smallest absolute Gasteiger partial charge is 0.321 e. The number of nitrogens with zero attached hydrogens (tertiary/aromatic N) is 4. The zero-order valence-corrected chi connectivity index (χ0v) is 12.9. The molecule has 0 fully saturated rings. The first-order valence-electron chi connectivity index (χ1n) is 7.04. The van der Waals surface area contributed by atoms with E-state index in [1.54, 1.807) is 0 Å². The van der Waals surface area contributed by atoms with E-state index in [2.05, 4.69) is 20.3 Å². The Labute approximate surface area is 125 Å². The molecule has 0 spiro atoms. The van der Waals surface area contributed by atoms with E-state index in [9.17, 15) is 0 Å². The second-order valence-corrected chi connectivity index (χ2v) is 4.67. The zero-order chi connectivity index (χ0) is 15.2. The summed E-state index contributed by atoms with van der Waals surface area (Å²) in [6.07, 6.45) is 0. The van der Waals surface area contributed by atoms with Gasteiger partial charge in [-0.05, 0) is 38.1 Å². The van der Waals surface area contributed by atoms with Crippen LogP contribution in [-0.2, 0) is 0 Å². The van der Waals surface area contributed by atoms with Gasteiger partial charge in [0.25, 0.3) is 0 Å². The molecule has 112 valence electrons. The van der Waals surface area contributed by atoms with Gasteiger partial charge in [-0.15, -0.1) is 0 Å². The number of hydrogen-bond donors (Lipinski definition) is 1. The topological polar surface area (TPSA) is 63.2 Å². The number of rotatable bonds is 6. The lowest BCUT2D eigenvalue weighted by molar-refractivity contribution is 0.312. The van der Waals surface area contributed by atoms with Crippen LogP contribution in [0, 0.1) is 0 Å². The second kappa shape index (κ2) is 6.88. The molecule has 0 saturated heterocycles. The fraction of sp³-hybridized carbons (Fsp3) is 0.400. The summed E-state index contributed by atoms with van der Waals surface area (Å²) >= 11 is 0. The Bertz CT molecular complexity index is 559. The van der Waals surface area contributed by atoms with Crippen molar-refractivity contribution in [2.45, 2.75) is 13.8 Å². The summed E-state index contributed by atoms with van der Waals surface area (Å²) in [6, 6.07) is 8.40. The largest absolute Gasteiger partial charge is 0.464 e. The highest BCUT2D eigenvalue weighted by molar-refractivity contribution is 5.61. The Kier molecular flexibility index (Phi) is 4.92. The maximum Gasteiger partial charge on any atom is 0.321 e. The van der Waals surface area contributed by atoms with Crippen LogP contribution in [0.25, 0.3) is 11.4 Å². The Morgan fingerprint density at radius 2 is 1.76 bits per heavy atom. The number of anilines is 2. The molecule has 0 unspecified atom stereocenters. The third-order valence-electron chi connectivity index (χ3n) is 2.87. The van der Waals surface area contributed by atoms with Crippen molar-refractivity contribution >= 4 is 11.6 Å².